The van der Waals surface area contributed by atoms with Gasteiger partial charge in [-0.2, -0.15) is 0 Å². The first-order valence-corrected chi connectivity index (χ1v) is 11.4. The lowest BCUT2D eigenvalue weighted by Gasteiger charge is -2.53. The van der Waals surface area contributed by atoms with Crippen molar-refractivity contribution in [3.63, 3.8) is 0 Å². The van der Waals surface area contributed by atoms with Crippen LogP contribution in [0, 0.1) is 11.8 Å². The Labute approximate surface area is 179 Å². The maximum atomic E-state index is 13.4. The molecule has 2 aliphatic carbocycles. The number of methoxy groups -OCH3 is 1. The fraction of sp³-hybridized carbons (Fsp3) is 0.708. The Kier molecular flexibility index (Phi) is 6.49. The van der Waals surface area contributed by atoms with E-state index in [-0.39, 0.29) is 23.8 Å². The molecule has 1 saturated heterocycles. The maximum Gasteiger partial charge on any atom is 0.180 e. The number of hydrogen-bond acceptors (Lipinski definition) is 6. The smallest absolute Gasteiger partial charge is 0.180 e. The normalized spacial score (nSPS) is 29.5. The molecule has 6 nitrogen and oxygen atoms in total. The minimum atomic E-state index is -0.593. The summed E-state index contributed by atoms with van der Waals surface area (Å²) >= 11 is 0. The summed E-state index contributed by atoms with van der Waals surface area (Å²) in [6.45, 7) is 8.34. The van der Waals surface area contributed by atoms with Gasteiger partial charge in [-0.05, 0) is 66.8 Å². The highest BCUT2D eigenvalue weighted by atomic mass is 16.5. The first-order valence-electron chi connectivity index (χ1n) is 11.4. The Hall–Kier alpha value is -1.47. The summed E-state index contributed by atoms with van der Waals surface area (Å²) in [4.78, 5) is 15.9. The van der Waals surface area contributed by atoms with Crippen LogP contribution in [-0.2, 0) is 14.9 Å². The number of nitrogens with zero attached hydrogens (tertiary/aromatic N) is 1. The van der Waals surface area contributed by atoms with Gasteiger partial charge >= 0.3 is 0 Å². The van der Waals surface area contributed by atoms with Crippen LogP contribution < -0.4 is 5.32 Å². The predicted octanol–water partition coefficient (Wildman–Crippen LogP) is 2.70. The topological polar surface area (TPSA) is 71.0 Å². The zero-order valence-corrected chi connectivity index (χ0v) is 18.5. The summed E-state index contributed by atoms with van der Waals surface area (Å²) < 4.78 is 10.3. The Morgan fingerprint density at radius 1 is 1.33 bits per heavy atom. The molecule has 2 fully saturated rings. The zero-order valence-electron chi connectivity index (χ0n) is 18.5. The Bertz CT molecular complexity index is 766. The number of anilines is 1. The van der Waals surface area contributed by atoms with Crippen LogP contribution in [0.2, 0.25) is 0 Å². The van der Waals surface area contributed by atoms with Gasteiger partial charge in [-0.25, -0.2) is 0 Å². The third kappa shape index (κ3) is 4.28. The van der Waals surface area contributed by atoms with E-state index in [1.54, 1.807) is 7.11 Å². The van der Waals surface area contributed by atoms with E-state index >= 15 is 0 Å². The van der Waals surface area contributed by atoms with Crippen LogP contribution >= 0.6 is 0 Å². The lowest BCUT2D eigenvalue weighted by atomic mass is 9.58. The number of piperidine rings is 1. The number of carbonyl (C=O) groups is 1. The molecular weight excluding hydrogens is 380 g/mol. The Morgan fingerprint density at radius 2 is 2.13 bits per heavy atom. The minimum absolute atomic E-state index is 0.00747. The minimum Gasteiger partial charge on any atom is -0.389 e. The number of fused-ring (bicyclic) bond motifs is 4. The van der Waals surface area contributed by atoms with Crippen LogP contribution in [0.5, 0.6) is 0 Å². The van der Waals surface area contributed by atoms with Crippen molar-refractivity contribution in [3.05, 3.63) is 29.3 Å². The summed E-state index contributed by atoms with van der Waals surface area (Å²) in [5.74, 6) is 1.39. The molecule has 1 saturated carbocycles. The highest BCUT2D eigenvalue weighted by Crippen LogP contribution is 2.49. The van der Waals surface area contributed by atoms with Gasteiger partial charge < -0.3 is 19.9 Å². The lowest BCUT2D eigenvalue weighted by Crippen LogP contribution is -2.61. The maximum absolute atomic E-state index is 13.4. The van der Waals surface area contributed by atoms with E-state index in [9.17, 15) is 9.90 Å². The van der Waals surface area contributed by atoms with Gasteiger partial charge in [0, 0.05) is 31.5 Å². The van der Waals surface area contributed by atoms with E-state index < -0.39 is 6.10 Å². The van der Waals surface area contributed by atoms with E-state index in [0.717, 1.165) is 42.2 Å². The van der Waals surface area contributed by atoms with E-state index in [1.807, 2.05) is 12.1 Å². The SMILES string of the molecule is COCCOCC(O)CNc1ccc2c(c1)[C@]1(C)CCN(CC3CC3)C(C2=O)[C@@H]1C. The summed E-state index contributed by atoms with van der Waals surface area (Å²) in [5, 5.41) is 13.5. The lowest BCUT2D eigenvalue weighted by molar-refractivity contribution is 0.0182. The van der Waals surface area contributed by atoms with Crippen LogP contribution in [0.3, 0.4) is 0 Å². The van der Waals surface area contributed by atoms with Crippen molar-refractivity contribution >= 4 is 11.5 Å². The molecule has 3 aliphatic rings. The second kappa shape index (κ2) is 8.95. The van der Waals surface area contributed by atoms with Crippen molar-refractivity contribution in [2.24, 2.45) is 11.8 Å². The molecule has 30 heavy (non-hydrogen) atoms. The number of hydrogen-bond donors (Lipinski definition) is 2. The van der Waals surface area contributed by atoms with Crippen molar-refractivity contribution in [1.29, 1.82) is 0 Å². The molecule has 6 heteroatoms. The van der Waals surface area contributed by atoms with Crippen LogP contribution in [0.15, 0.2) is 18.2 Å². The average Bonchev–Trinajstić information content (AvgIpc) is 3.55. The number of nitrogens with one attached hydrogen (secondary N) is 1. The van der Waals surface area contributed by atoms with Gasteiger partial charge in [0.1, 0.15) is 0 Å². The second-order valence-corrected chi connectivity index (χ2v) is 9.57. The van der Waals surface area contributed by atoms with Crippen molar-refractivity contribution in [2.45, 2.75) is 50.7 Å². The van der Waals surface area contributed by atoms with Crippen LogP contribution in [0.4, 0.5) is 5.69 Å². The molecule has 0 spiro atoms. The van der Waals surface area contributed by atoms with E-state index in [0.29, 0.717) is 25.7 Å². The molecule has 2 bridgehead atoms. The van der Waals surface area contributed by atoms with Crippen LogP contribution in [0.1, 0.15) is 49.0 Å². The summed E-state index contributed by atoms with van der Waals surface area (Å²) in [6, 6.07) is 6.10. The van der Waals surface area contributed by atoms with Crippen molar-refractivity contribution < 1.29 is 19.4 Å². The van der Waals surface area contributed by atoms with Gasteiger partial charge in [-0.3, -0.25) is 9.69 Å². The number of ether oxygens (including phenoxy) is 2. The Balaban J connectivity index is 1.45. The Morgan fingerprint density at radius 3 is 2.87 bits per heavy atom. The average molecular weight is 417 g/mol. The molecule has 1 aromatic carbocycles. The van der Waals surface area contributed by atoms with Crippen molar-refractivity contribution in [3.8, 4) is 0 Å². The number of Topliss-reactive ketones (excluding diaryl/α,β-unsaturated/α-hetero) is 1. The van der Waals surface area contributed by atoms with Gasteiger partial charge in [-0.1, -0.05) is 13.8 Å². The van der Waals surface area contributed by atoms with Crippen LogP contribution in [-0.4, -0.2) is 74.5 Å². The number of aliphatic hydroxyl groups is 1. The molecule has 2 N–H and O–H groups in total. The van der Waals surface area contributed by atoms with Gasteiger partial charge in [0.2, 0.25) is 0 Å². The summed E-state index contributed by atoms with van der Waals surface area (Å²) in [7, 11) is 1.63. The number of rotatable bonds is 10. The number of ketones is 1. The van der Waals surface area contributed by atoms with E-state index in [4.69, 9.17) is 9.47 Å². The number of likely N-dealkylation sites (tertiary alicyclic amines) is 1. The molecule has 2 unspecified atom stereocenters. The molecule has 0 aromatic heterocycles. The van der Waals surface area contributed by atoms with Gasteiger partial charge in [0.15, 0.2) is 5.78 Å². The highest BCUT2D eigenvalue weighted by Gasteiger charge is 2.52. The molecule has 1 heterocycles. The van der Waals surface area contributed by atoms with E-state index in [2.05, 4.69) is 30.1 Å². The van der Waals surface area contributed by atoms with Gasteiger partial charge in [0.25, 0.3) is 0 Å². The predicted molar refractivity (Wildman–Crippen MR) is 117 cm³/mol. The van der Waals surface area contributed by atoms with Gasteiger partial charge in [0.05, 0.1) is 32.0 Å². The summed E-state index contributed by atoms with van der Waals surface area (Å²) in [5.41, 5.74) is 3.01. The molecular formula is C24H36N2O4. The van der Waals surface area contributed by atoms with Gasteiger partial charge in [-0.15, -0.1) is 0 Å². The first-order chi connectivity index (χ1) is 14.4. The molecule has 1 aliphatic heterocycles. The molecule has 166 valence electrons. The number of benzene rings is 1. The second-order valence-electron chi connectivity index (χ2n) is 9.57. The first kappa shape index (κ1) is 21.8. The fourth-order valence-electron chi connectivity index (χ4n) is 5.17. The zero-order chi connectivity index (χ0) is 21.3. The molecule has 0 amide bonds. The molecule has 0 radical (unpaired) electrons. The highest BCUT2D eigenvalue weighted by molar-refractivity contribution is 6.04. The largest absolute Gasteiger partial charge is 0.389 e. The number of aliphatic hydroxyl groups excluding tert-OH is 1. The number of carbonyl (C=O) groups excluding carboxylic acids is 1. The quantitative estimate of drug-likeness (QED) is 0.572. The standard InChI is InChI=1S/C24H36N2O4/c1-16-22-23(28)20-7-6-18(25-13-19(27)15-30-11-10-29-3)12-21(20)24(16,2)8-9-26(22)14-17-4-5-17/h6-7,12,16-17,19,22,25,27H,4-5,8-11,13-15H2,1-3H3/t16-,19?,22?,24+/m0/s1. The monoisotopic (exact) mass is 416 g/mol. The third-order valence-electron chi connectivity index (χ3n) is 7.43. The third-order valence-corrected chi connectivity index (χ3v) is 7.43. The van der Waals surface area contributed by atoms with Crippen molar-refractivity contribution in [2.75, 3.05) is 51.9 Å². The summed E-state index contributed by atoms with van der Waals surface area (Å²) in [6.07, 6.45) is 3.12. The molecule has 1 aromatic rings. The van der Waals surface area contributed by atoms with Crippen molar-refractivity contribution in [1.82, 2.24) is 4.90 Å². The van der Waals surface area contributed by atoms with E-state index in [1.165, 1.54) is 12.8 Å². The van der Waals surface area contributed by atoms with Crippen LogP contribution in [0.25, 0.3) is 0 Å². The molecule has 4 atom stereocenters. The fourth-order valence-corrected chi connectivity index (χ4v) is 5.17. The molecule has 4 rings (SSSR count).